The van der Waals surface area contributed by atoms with Crippen molar-refractivity contribution in [2.45, 2.75) is 20.8 Å². The van der Waals surface area contributed by atoms with E-state index >= 15 is 0 Å². The van der Waals surface area contributed by atoms with Gasteiger partial charge in [0.25, 0.3) is 5.91 Å². The van der Waals surface area contributed by atoms with Crippen LogP contribution in [0, 0.1) is 0 Å². The van der Waals surface area contributed by atoms with Crippen molar-refractivity contribution < 1.29 is 29.0 Å². The van der Waals surface area contributed by atoms with Gasteiger partial charge in [0.1, 0.15) is 6.54 Å². The number of amides is 3. The monoisotopic (exact) mass is 272 g/mol. The van der Waals surface area contributed by atoms with Crippen LogP contribution in [0.5, 0.6) is 0 Å². The number of esters is 1. The Morgan fingerprint density at radius 2 is 1.68 bits per heavy atom. The van der Waals surface area contributed by atoms with Crippen molar-refractivity contribution >= 4 is 23.9 Å². The molecule has 8 nitrogen and oxygen atoms in total. The molecule has 0 aromatic heterocycles. The third-order valence-corrected chi connectivity index (χ3v) is 2.15. The molecule has 0 fully saturated rings. The zero-order valence-corrected chi connectivity index (χ0v) is 10.9. The lowest BCUT2D eigenvalue weighted by atomic mass is 10.1. The summed E-state index contributed by atoms with van der Waals surface area (Å²) in [6.45, 7) is 3.93. The second-order valence-electron chi connectivity index (χ2n) is 3.50. The molecule has 0 aromatic carbocycles. The maximum absolute atomic E-state index is 11.5. The molecule has 0 saturated heterocycles. The quantitative estimate of drug-likeness (QED) is 0.470. The number of carboxylic acids is 1. The van der Waals surface area contributed by atoms with Crippen LogP contribution in [-0.4, -0.2) is 42.1 Å². The highest BCUT2D eigenvalue weighted by atomic mass is 16.5. The lowest BCUT2D eigenvalue weighted by Crippen LogP contribution is -2.42. The van der Waals surface area contributed by atoms with Crippen LogP contribution in [0.1, 0.15) is 20.8 Å². The molecule has 0 aliphatic rings. The molecular formula is C11H16N2O6. The number of carbonyl (C=O) groups excluding carboxylic acids is 3. The molecule has 3 N–H and O–H groups in total. The van der Waals surface area contributed by atoms with Gasteiger partial charge in [-0.05, 0) is 20.8 Å². The molecule has 0 aliphatic heterocycles. The molecular weight excluding hydrogens is 256 g/mol. The summed E-state index contributed by atoms with van der Waals surface area (Å²) in [6, 6.07) is -0.907. The molecule has 0 rings (SSSR count). The minimum absolute atomic E-state index is 0.0983. The summed E-state index contributed by atoms with van der Waals surface area (Å²) >= 11 is 0. The first-order valence-corrected chi connectivity index (χ1v) is 5.45. The van der Waals surface area contributed by atoms with Gasteiger partial charge in [-0.15, -0.1) is 0 Å². The van der Waals surface area contributed by atoms with Gasteiger partial charge in [0.2, 0.25) is 0 Å². The Hall–Kier alpha value is -2.38. The van der Waals surface area contributed by atoms with Gasteiger partial charge < -0.3 is 15.2 Å². The SMILES string of the molecule is CCOC(=O)CNC(=O)NC(=O)C(C)=C(C)C(=O)O. The van der Waals surface area contributed by atoms with Gasteiger partial charge in [0.05, 0.1) is 6.61 Å². The number of hydrogen-bond acceptors (Lipinski definition) is 5. The predicted octanol–water partition coefficient (Wildman–Crippen LogP) is -0.204. The third-order valence-electron chi connectivity index (χ3n) is 2.15. The Bertz CT molecular complexity index is 427. The summed E-state index contributed by atoms with van der Waals surface area (Å²) in [5, 5.41) is 12.7. The second-order valence-corrected chi connectivity index (χ2v) is 3.50. The number of imide groups is 1. The van der Waals surface area contributed by atoms with E-state index in [0.29, 0.717) is 0 Å². The molecule has 0 saturated carbocycles. The van der Waals surface area contributed by atoms with E-state index in [1.165, 1.54) is 13.8 Å². The van der Waals surface area contributed by atoms with Crippen LogP contribution < -0.4 is 10.6 Å². The topological polar surface area (TPSA) is 122 Å². The molecule has 0 aromatic rings. The molecule has 0 bridgehead atoms. The molecule has 0 heterocycles. The first-order valence-electron chi connectivity index (χ1n) is 5.45. The van der Waals surface area contributed by atoms with Gasteiger partial charge in [-0.25, -0.2) is 9.59 Å². The Labute approximate surface area is 109 Å². The Morgan fingerprint density at radius 3 is 2.16 bits per heavy atom. The summed E-state index contributed by atoms with van der Waals surface area (Å²) < 4.78 is 4.56. The van der Waals surface area contributed by atoms with Crippen molar-refractivity contribution in [3.8, 4) is 0 Å². The van der Waals surface area contributed by atoms with Gasteiger partial charge in [-0.3, -0.25) is 14.9 Å². The van der Waals surface area contributed by atoms with Crippen LogP contribution in [0.3, 0.4) is 0 Å². The largest absolute Gasteiger partial charge is 0.478 e. The van der Waals surface area contributed by atoms with Crippen LogP contribution in [0.2, 0.25) is 0 Å². The van der Waals surface area contributed by atoms with E-state index in [9.17, 15) is 19.2 Å². The normalized spacial score (nSPS) is 11.1. The first kappa shape index (κ1) is 16.6. The van der Waals surface area contributed by atoms with Crippen molar-refractivity contribution in [3.63, 3.8) is 0 Å². The maximum atomic E-state index is 11.5. The van der Waals surface area contributed by atoms with Gasteiger partial charge in [0.15, 0.2) is 0 Å². The summed E-state index contributed by atoms with van der Waals surface area (Å²) in [5.41, 5.74) is -0.269. The molecule has 0 unspecified atom stereocenters. The molecule has 0 radical (unpaired) electrons. The number of aliphatic carboxylic acids is 1. The highest BCUT2D eigenvalue weighted by Gasteiger charge is 2.15. The van der Waals surface area contributed by atoms with E-state index in [1.807, 2.05) is 5.32 Å². The molecule has 106 valence electrons. The molecule has 0 spiro atoms. The molecule has 8 heteroatoms. The van der Waals surface area contributed by atoms with E-state index in [2.05, 4.69) is 10.1 Å². The summed E-state index contributed by atoms with van der Waals surface area (Å²) in [5.74, 6) is -2.74. The number of rotatable bonds is 5. The minimum Gasteiger partial charge on any atom is -0.478 e. The lowest BCUT2D eigenvalue weighted by Gasteiger charge is -2.07. The number of carboxylic acid groups (broad SMARTS) is 1. The van der Waals surface area contributed by atoms with Crippen molar-refractivity contribution in [1.29, 1.82) is 0 Å². The minimum atomic E-state index is -1.25. The standard InChI is InChI=1S/C11H16N2O6/c1-4-19-8(14)5-12-11(18)13-9(15)6(2)7(3)10(16)17/h4-5H2,1-3H3,(H,16,17)(H2,12,13,15,18). The summed E-state index contributed by atoms with van der Waals surface area (Å²) in [4.78, 5) is 44.2. The number of nitrogens with one attached hydrogen (secondary N) is 2. The van der Waals surface area contributed by atoms with Gasteiger partial charge in [-0.1, -0.05) is 0 Å². The van der Waals surface area contributed by atoms with Crippen LogP contribution in [0.15, 0.2) is 11.1 Å². The van der Waals surface area contributed by atoms with E-state index in [4.69, 9.17) is 5.11 Å². The van der Waals surface area contributed by atoms with Crippen LogP contribution in [-0.2, 0) is 19.1 Å². The number of urea groups is 1. The fourth-order valence-electron chi connectivity index (χ4n) is 0.936. The van der Waals surface area contributed by atoms with Crippen molar-refractivity contribution in [2.75, 3.05) is 13.2 Å². The average Bonchev–Trinajstić information content (AvgIpc) is 2.34. The summed E-state index contributed by atoms with van der Waals surface area (Å²) in [6.07, 6.45) is 0. The fraction of sp³-hybridized carbons (Fsp3) is 0.455. The average molecular weight is 272 g/mol. The van der Waals surface area contributed by atoms with E-state index in [1.54, 1.807) is 6.92 Å². The predicted molar refractivity (Wildman–Crippen MR) is 64.2 cm³/mol. The van der Waals surface area contributed by atoms with Gasteiger partial charge in [-0.2, -0.15) is 0 Å². The zero-order chi connectivity index (χ0) is 15.0. The molecule has 0 atom stereocenters. The number of ether oxygens (including phenoxy) is 1. The lowest BCUT2D eigenvalue weighted by molar-refractivity contribution is -0.141. The van der Waals surface area contributed by atoms with E-state index in [0.717, 1.165) is 0 Å². The van der Waals surface area contributed by atoms with Crippen LogP contribution in [0.4, 0.5) is 4.79 Å². The van der Waals surface area contributed by atoms with Crippen molar-refractivity contribution in [2.24, 2.45) is 0 Å². The smallest absolute Gasteiger partial charge is 0.331 e. The Balaban J connectivity index is 4.35. The maximum Gasteiger partial charge on any atom is 0.331 e. The highest BCUT2D eigenvalue weighted by molar-refractivity contribution is 6.07. The number of hydrogen-bond donors (Lipinski definition) is 3. The fourth-order valence-corrected chi connectivity index (χ4v) is 0.936. The Morgan fingerprint density at radius 1 is 1.11 bits per heavy atom. The van der Waals surface area contributed by atoms with E-state index < -0.39 is 23.9 Å². The summed E-state index contributed by atoms with van der Waals surface area (Å²) in [7, 11) is 0. The van der Waals surface area contributed by atoms with Crippen molar-refractivity contribution in [1.82, 2.24) is 10.6 Å². The molecule has 19 heavy (non-hydrogen) atoms. The van der Waals surface area contributed by atoms with E-state index in [-0.39, 0.29) is 24.3 Å². The first-order chi connectivity index (χ1) is 8.79. The number of carbonyl (C=O) groups is 4. The van der Waals surface area contributed by atoms with Crippen LogP contribution in [0.25, 0.3) is 0 Å². The molecule has 3 amide bonds. The third kappa shape index (κ3) is 6.20. The highest BCUT2D eigenvalue weighted by Crippen LogP contribution is 2.02. The molecule has 0 aliphatic carbocycles. The van der Waals surface area contributed by atoms with Crippen molar-refractivity contribution in [3.05, 3.63) is 11.1 Å². The second kappa shape index (κ2) is 7.85. The van der Waals surface area contributed by atoms with Gasteiger partial charge >= 0.3 is 18.0 Å². The Kier molecular flexibility index (Phi) is 6.87. The van der Waals surface area contributed by atoms with Gasteiger partial charge in [0, 0.05) is 11.1 Å². The zero-order valence-electron chi connectivity index (χ0n) is 10.9. The van der Waals surface area contributed by atoms with Crippen LogP contribution >= 0.6 is 0 Å².